The molecule has 12 N–H and O–H groups in total. The maximum atomic E-state index is 14.6. The fraction of sp³-hybridized carbons (Fsp3) is 0.492. The molecule has 1 aromatic carbocycles. The van der Waals surface area contributed by atoms with Gasteiger partial charge in [-0.05, 0) is 125 Å². The van der Waals surface area contributed by atoms with Crippen LogP contribution in [0.4, 0.5) is 0 Å². The molecule has 0 unspecified atom stereocenters. The Balaban J connectivity index is 1.57. The Bertz CT molecular complexity index is 2600. The Labute approximate surface area is 480 Å². The molecule has 0 aliphatic rings. The molecule has 82 heavy (non-hydrogen) atoms. The van der Waals surface area contributed by atoms with Crippen molar-refractivity contribution < 1.29 is 48.3 Å². The van der Waals surface area contributed by atoms with Gasteiger partial charge in [0.15, 0.2) is 0 Å². The van der Waals surface area contributed by atoms with Gasteiger partial charge in [-0.25, -0.2) is 0 Å². The molecule has 4 aromatic rings. The summed E-state index contributed by atoms with van der Waals surface area (Å²) in [4.78, 5) is 134. The van der Waals surface area contributed by atoms with Crippen molar-refractivity contribution in [3.63, 3.8) is 0 Å². The molecule has 443 valence electrons. The number of nitrogens with two attached hydrogens (primary N) is 1. The topological polar surface area (TPSA) is 347 Å². The van der Waals surface area contributed by atoms with Gasteiger partial charge in [0.2, 0.25) is 41.7 Å². The van der Waals surface area contributed by atoms with Gasteiger partial charge in [0.25, 0.3) is 11.8 Å². The van der Waals surface area contributed by atoms with Gasteiger partial charge in [-0.3, -0.25) is 58.1 Å². The standard InChI is InChI=1S/C59H82N13O10/c1-39(2)31-49(57(80)67-45(37-73)22-8-11-28-64-40(3)4)71-56(79)48(24-10-13-30-66-53(76)44-21-16-27-63-36-44)68-55(78)47(23-9-12-29-65-52(75)43-20-15-26-62-35-43)69-59(82)51(38-74)72-58(81)50(33-42-19-14-25-61-34-42)70-54(77)46(60)32-41-17-6-5-7-18-41/h5-7,14-21,25-27,34-36,39-40,45-51,64,74H,8-13,22-24,28-33,38,60H2,1-4H3,(H,65,75)(H,66,76)(H,67,80)(H,68,78)(H,69,82)(H,70,77)(H,71,79)(H,72,81)/t45-,46-,47-,48+,49-,50+,51-/m0/s1. The number of amides is 8. The summed E-state index contributed by atoms with van der Waals surface area (Å²) in [5.41, 5.74) is 8.32. The number of aliphatic hydroxyl groups excluding tert-OH is 1. The Hall–Kier alpha value is -8.02. The molecule has 0 aliphatic heterocycles. The van der Waals surface area contributed by atoms with Gasteiger partial charge in [-0.2, -0.15) is 0 Å². The molecule has 3 heterocycles. The maximum Gasteiger partial charge on any atom is 0.252 e. The predicted molar refractivity (Wildman–Crippen MR) is 308 cm³/mol. The molecule has 0 saturated carbocycles. The second-order valence-corrected chi connectivity index (χ2v) is 20.8. The highest BCUT2D eigenvalue weighted by Gasteiger charge is 2.34. The van der Waals surface area contributed by atoms with Crippen molar-refractivity contribution in [2.75, 3.05) is 26.2 Å². The van der Waals surface area contributed by atoms with E-state index in [0.717, 1.165) is 18.5 Å². The monoisotopic (exact) mass is 1130 g/mol. The highest BCUT2D eigenvalue weighted by molar-refractivity contribution is 5.97. The normalized spacial score (nSPS) is 13.7. The lowest BCUT2D eigenvalue weighted by atomic mass is 10.0. The number of hydrogen-bond acceptors (Lipinski definition) is 15. The van der Waals surface area contributed by atoms with Crippen LogP contribution in [-0.2, 0) is 46.4 Å². The lowest BCUT2D eigenvalue weighted by Crippen LogP contribution is -2.60. The third-order valence-corrected chi connectivity index (χ3v) is 13.0. The highest BCUT2D eigenvalue weighted by atomic mass is 16.3. The van der Waals surface area contributed by atoms with Crippen LogP contribution < -0.4 is 53.6 Å². The summed E-state index contributed by atoms with van der Waals surface area (Å²) in [7, 11) is 0. The van der Waals surface area contributed by atoms with Crippen molar-refractivity contribution in [2.24, 2.45) is 11.7 Å². The van der Waals surface area contributed by atoms with Crippen molar-refractivity contribution in [2.45, 2.75) is 153 Å². The van der Waals surface area contributed by atoms with Crippen molar-refractivity contribution in [3.8, 4) is 0 Å². The number of carbonyl (C=O) groups is 8. The van der Waals surface area contributed by atoms with E-state index in [1.807, 2.05) is 52.2 Å². The minimum atomic E-state index is -1.66. The Morgan fingerprint density at radius 1 is 0.500 bits per heavy atom. The Kier molecular flexibility index (Phi) is 30.1. The number of nitrogens with one attached hydrogen (secondary N) is 9. The predicted octanol–water partition coefficient (Wildman–Crippen LogP) is 1.41. The van der Waals surface area contributed by atoms with E-state index in [9.17, 15) is 48.3 Å². The van der Waals surface area contributed by atoms with Crippen molar-refractivity contribution in [3.05, 3.63) is 126 Å². The molecule has 0 fully saturated rings. The zero-order chi connectivity index (χ0) is 59.7. The average Bonchev–Trinajstić information content (AvgIpc) is 3.59. The number of rotatable bonds is 38. The zero-order valence-corrected chi connectivity index (χ0v) is 47.4. The van der Waals surface area contributed by atoms with Crippen LogP contribution in [0.5, 0.6) is 0 Å². The Morgan fingerprint density at radius 3 is 1.46 bits per heavy atom. The van der Waals surface area contributed by atoms with Gasteiger partial charge in [0.05, 0.1) is 29.8 Å². The molecule has 0 saturated heterocycles. The summed E-state index contributed by atoms with van der Waals surface area (Å²) in [5, 5.41) is 35.6. The minimum Gasteiger partial charge on any atom is -0.394 e. The summed E-state index contributed by atoms with van der Waals surface area (Å²) in [6, 6.07) is 10.3. The lowest BCUT2D eigenvalue weighted by Gasteiger charge is -2.28. The second kappa shape index (κ2) is 37.1. The first-order chi connectivity index (χ1) is 39.5. The molecule has 23 nitrogen and oxygen atoms in total. The summed E-state index contributed by atoms with van der Waals surface area (Å²) in [6.07, 6.45) is 13.9. The first-order valence-electron chi connectivity index (χ1n) is 28.1. The molecule has 23 heteroatoms. The van der Waals surface area contributed by atoms with Crippen molar-refractivity contribution in [1.29, 1.82) is 0 Å². The number of unbranched alkanes of at least 4 members (excludes halogenated alkanes) is 3. The molecule has 7 atom stereocenters. The van der Waals surface area contributed by atoms with Crippen LogP contribution in [0, 0.1) is 5.92 Å². The first kappa shape index (κ1) is 66.5. The number of benzene rings is 1. The molecular weight excluding hydrogens is 1050 g/mol. The number of aliphatic hydroxyl groups is 1. The van der Waals surface area contributed by atoms with Gasteiger partial charge in [-0.15, -0.1) is 0 Å². The first-order valence-corrected chi connectivity index (χ1v) is 28.1. The molecular formula is C59H82N13O10. The van der Waals surface area contributed by atoms with E-state index in [-0.39, 0.29) is 81.8 Å². The van der Waals surface area contributed by atoms with E-state index >= 15 is 0 Å². The van der Waals surface area contributed by atoms with Gasteiger partial charge < -0.3 is 58.7 Å². The van der Waals surface area contributed by atoms with E-state index in [1.165, 1.54) is 37.2 Å². The van der Waals surface area contributed by atoms with Crippen molar-refractivity contribution >= 4 is 53.5 Å². The SMILES string of the molecule is CC(C)C[C@H](NC(=O)[C@@H](CCCCNC(=O)c1cccnc1)NC(=O)[C@H](CCCCNC(=O)c1cccnc1)NC(=O)[C@H](CO)NC(=O)[C@@H](Cc1cccnc1)NC(=O)[C@@H](N)Cc1ccccc1)C(=O)N[C@H]([C]=O)CCCCNC(C)C. The van der Waals surface area contributed by atoms with Crippen LogP contribution in [0.15, 0.2) is 104 Å². The fourth-order valence-corrected chi connectivity index (χ4v) is 8.57. The Morgan fingerprint density at radius 2 is 0.963 bits per heavy atom. The highest BCUT2D eigenvalue weighted by Crippen LogP contribution is 2.12. The van der Waals surface area contributed by atoms with Crippen LogP contribution in [0.3, 0.4) is 0 Å². The lowest BCUT2D eigenvalue weighted by molar-refractivity contribution is -0.136. The molecule has 0 aliphatic carbocycles. The van der Waals surface area contributed by atoms with E-state index in [4.69, 9.17) is 5.73 Å². The van der Waals surface area contributed by atoms with Gasteiger partial charge in [0.1, 0.15) is 30.2 Å². The third kappa shape index (κ3) is 25.2. The van der Waals surface area contributed by atoms with E-state index in [0.29, 0.717) is 42.4 Å². The van der Waals surface area contributed by atoms with Gasteiger partial charge >= 0.3 is 0 Å². The zero-order valence-electron chi connectivity index (χ0n) is 47.4. The number of aromatic nitrogens is 3. The molecule has 0 bridgehead atoms. The van der Waals surface area contributed by atoms with Crippen LogP contribution in [0.2, 0.25) is 0 Å². The summed E-state index contributed by atoms with van der Waals surface area (Å²) < 4.78 is 0. The molecule has 1 radical (unpaired) electrons. The van der Waals surface area contributed by atoms with E-state index in [1.54, 1.807) is 48.5 Å². The quantitative estimate of drug-likeness (QED) is 0.0283. The summed E-state index contributed by atoms with van der Waals surface area (Å²) in [6.45, 7) is 7.92. The van der Waals surface area contributed by atoms with Crippen LogP contribution >= 0.6 is 0 Å². The summed E-state index contributed by atoms with van der Waals surface area (Å²) >= 11 is 0. The fourth-order valence-electron chi connectivity index (χ4n) is 8.57. The third-order valence-electron chi connectivity index (χ3n) is 13.0. The molecule has 8 amide bonds. The van der Waals surface area contributed by atoms with Gasteiger partial charge in [-0.1, -0.05) is 64.1 Å². The molecule has 4 rings (SSSR count). The summed E-state index contributed by atoms with van der Waals surface area (Å²) in [5.74, 6) is -5.52. The second-order valence-electron chi connectivity index (χ2n) is 20.8. The number of hydrogen-bond donors (Lipinski definition) is 11. The van der Waals surface area contributed by atoms with Crippen LogP contribution in [-0.4, -0.2) is 148 Å². The number of carbonyl (C=O) groups excluding carboxylic acids is 9. The van der Waals surface area contributed by atoms with Crippen LogP contribution in [0.1, 0.15) is 124 Å². The minimum absolute atomic E-state index is 0.000912. The maximum absolute atomic E-state index is 14.6. The molecule has 3 aromatic heterocycles. The van der Waals surface area contributed by atoms with Crippen LogP contribution in [0.25, 0.3) is 0 Å². The smallest absolute Gasteiger partial charge is 0.252 e. The number of pyridine rings is 3. The van der Waals surface area contributed by atoms with Gasteiger partial charge in [0, 0.05) is 62.7 Å². The van der Waals surface area contributed by atoms with E-state index < -0.39 is 84.3 Å². The largest absolute Gasteiger partial charge is 0.394 e. The van der Waals surface area contributed by atoms with Crippen molar-refractivity contribution in [1.82, 2.24) is 62.8 Å². The van der Waals surface area contributed by atoms with E-state index in [2.05, 4.69) is 62.8 Å². The average molecular weight is 1130 g/mol. The molecule has 0 spiro atoms. The number of nitrogens with zero attached hydrogens (tertiary/aromatic N) is 3.